The Morgan fingerprint density at radius 2 is 1.16 bits per heavy atom. The fraction of sp³-hybridized carbons (Fsp3) is 0.750. The van der Waals surface area contributed by atoms with E-state index in [0.29, 0.717) is 76.2 Å². The van der Waals surface area contributed by atoms with Crippen LogP contribution in [-0.4, -0.2) is 134 Å². The first-order valence-corrected chi connectivity index (χ1v) is 35.1. The molecular weight excluding hydrogens is 1200 g/mol. The highest BCUT2D eigenvalue weighted by Crippen LogP contribution is 2.51. The van der Waals surface area contributed by atoms with Crippen LogP contribution in [0.4, 0.5) is 4.79 Å². The van der Waals surface area contributed by atoms with Crippen LogP contribution in [0, 0.1) is 76.4 Å². The molecular formula is C76H118O18. The second-order valence-corrected chi connectivity index (χ2v) is 29.5. The number of allylic oxidation sites excluding steroid dienone is 5. The Bertz CT molecular complexity index is 2660. The Morgan fingerprint density at radius 1 is 0.638 bits per heavy atom. The van der Waals surface area contributed by atoms with Crippen molar-refractivity contribution >= 4 is 30.0 Å². The number of rotatable bonds is 28. The molecule has 6 rings (SSSR count). The molecule has 6 N–H and O–H groups in total. The fourth-order valence-electron chi connectivity index (χ4n) is 12.9. The van der Waals surface area contributed by atoms with Crippen molar-refractivity contribution in [3.8, 4) is 23.7 Å². The maximum absolute atomic E-state index is 12.5. The summed E-state index contributed by atoms with van der Waals surface area (Å²) in [6.07, 6.45) is 27.5. The molecule has 2 heterocycles. The molecule has 6 aliphatic rings. The molecule has 94 heavy (non-hydrogen) atoms. The normalized spacial score (nSPS) is 27.8. The molecule has 6 fully saturated rings. The van der Waals surface area contributed by atoms with E-state index in [1.54, 1.807) is 20.8 Å². The number of fused-ring (bicyclic) bond motifs is 3. The van der Waals surface area contributed by atoms with E-state index < -0.39 is 59.1 Å². The lowest BCUT2D eigenvalue weighted by Gasteiger charge is -2.25. The van der Waals surface area contributed by atoms with Gasteiger partial charge in [0.25, 0.3) is 0 Å². The Kier molecular flexibility index (Phi) is 34.5. The minimum Gasteiger partial charge on any atom is -0.495 e. The van der Waals surface area contributed by atoms with E-state index in [-0.39, 0.29) is 91.3 Å². The first-order valence-electron chi connectivity index (χ1n) is 35.1. The maximum atomic E-state index is 12.5. The average molecular weight is 1320 g/mol. The summed E-state index contributed by atoms with van der Waals surface area (Å²) in [5, 5.41) is 59.0. The van der Waals surface area contributed by atoms with Gasteiger partial charge in [-0.25, -0.2) is 9.59 Å². The summed E-state index contributed by atoms with van der Waals surface area (Å²) < 4.78 is 39.8. The fourth-order valence-corrected chi connectivity index (χ4v) is 12.9. The zero-order valence-corrected chi connectivity index (χ0v) is 59.0. The van der Waals surface area contributed by atoms with Crippen molar-refractivity contribution in [2.24, 2.45) is 52.8 Å². The van der Waals surface area contributed by atoms with Gasteiger partial charge in [0.15, 0.2) is 0 Å². The average Bonchev–Trinajstić information content (AvgIpc) is 1.65. The molecule has 0 spiro atoms. The van der Waals surface area contributed by atoms with Gasteiger partial charge in [-0.05, 0) is 144 Å². The van der Waals surface area contributed by atoms with Gasteiger partial charge in [0.05, 0.1) is 41.9 Å². The van der Waals surface area contributed by atoms with Gasteiger partial charge in [0.1, 0.15) is 48.3 Å². The topological polar surface area (TPSA) is 271 Å². The molecule has 0 aromatic heterocycles. The van der Waals surface area contributed by atoms with Crippen LogP contribution in [0.5, 0.6) is 0 Å². The van der Waals surface area contributed by atoms with Gasteiger partial charge >= 0.3 is 30.0 Å². The van der Waals surface area contributed by atoms with Gasteiger partial charge < -0.3 is 63.8 Å². The molecule has 16 atom stereocenters. The number of aliphatic hydroxyl groups excluding tert-OH is 4. The van der Waals surface area contributed by atoms with E-state index in [9.17, 15) is 44.4 Å². The third kappa shape index (κ3) is 29.8. The smallest absolute Gasteiger partial charge is 0.495 e. The highest BCUT2D eigenvalue weighted by Gasteiger charge is 2.51. The van der Waals surface area contributed by atoms with Crippen molar-refractivity contribution in [2.75, 3.05) is 13.2 Å². The van der Waals surface area contributed by atoms with Crippen LogP contribution >= 0.6 is 0 Å². The number of unbranched alkanes of at least 4 members (excludes halogenated alkanes) is 6. The molecule has 0 aromatic carbocycles. The molecule has 4 saturated carbocycles. The van der Waals surface area contributed by atoms with Crippen LogP contribution in [0.3, 0.4) is 0 Å². The van der Waals surface area contributed by atoms with Gasteiger partial charge in [0, 0.05) is 86.9 Å². The lowest BCUT2D eigenvalue weighted by Crippen LogP contribution is -2.31. The van der Waals surface area contributed by atoms with Crippen molar-refractivity contribution in [1.29, 1.82) is 0 Å². The highest BCUT2D eigenvalue weighted by atomic mass is 16.7. The summed E-state index contributed by atoms with van der Waals surface area (Å²) in [7, 11) is 0. The number of carbonyl (C=O) groups is 5. The quantitative estimate of drug-likeness (QED) is 0.0140. The molecule has 4 aliphatic carbocycles. The zero-order chi connectivity index (χ0) is 69.8. The SMILES string of the molecule is CCC#CC[C@H](C)[C@H](O)C#C[C@@H]1[C@H]2C/C(=C/COCC(=O)OC(C)(C)C)C[C@H]2C[C@H]1O.CCCCC[C@H](O)/C=C/[C@@H]1[C@H]2C/C(=C/CCCC(=O)O)O[C@H]2C[C@H]1OC(=O)C(C)(C)C.CCCCC[C@H](O)/C=C/[C@@H]1[C@H]2C/C(=C/CCCC(=O)O)O[C@H]2C[C@H]1OC(=O)OC(C)(C)C. The van der Waals surface area contributed by atoms with Crippen LogP contribution in [0.1, 0.15) is 238 Å². The van der Waals surface area contributed by atoms with Crippen molar-refractivity contribution < 1.29 is 87.8 Å². The minimum atomic E-state index is -0.794. The summed E-state index contributed by atoms with van der Waals surface area (Å²) in [4.78, 5) is 57.8. The Balaban J connectivity index is 0.000000300. The molecule has 0 bridgehead atoms. The number of ether oxygens (including phenoxy) is 7. The Labute approximate surface area is 562 Å². The van der Waals surface area contributed by atoms with Gasteiger partial charge in [-0.3, -0.25) is 14.4 Å². The second-order valence-electron chi connectivity index (χ2n) is 29.5. The molecule has 2 aliphatic heterocycles. The maximum Gasteiger partial charge on any atom is 0.509 e. The minimum absolute atomic E-state index is 0.00189. The summed E-state index contributed by atoms with van der Waals surface area (Å²) in [6, 6.07) is 0. The molecule has 0 aromatic rings. The largest absolute Gasteiger partial charge is 0.509 e. The molecule has 18 heteroatoms. The number of aliphatic carboxylic acids is 2. The number of hydrogen-bond acceptors (Lipinski definition) is 16. The van der Waals surface area contributed by atoms with Gasteiger partial charge in [0.2, 0.25) is 0 Å². The number of carboxylic acids is 2. The molecule has 18 nitrogen and oxygen atoms in total. The number of aliphatic hydroxyl groups is 4. The standard InChI is InChI=1S/C26H38O5.C25H40O7.C25H40O6/c1-6-7-8-9-18(2)23(27)11-10-21-22-15-19(14-20(22)16-24(21)28)12-13-30-17-25(29)31-26(3,4)5;1-5-6-7-10-17(26)13-14-19-20-15-18(11-8-9-12-23(27)28)30-22(20)16-21(19)31-24(29)32-25(2,3)4;1-5-6-7-10-17(26)13-14-19-20-15-18(11-8-9-12-23(27)28)30-22(20)16-21(19)31-24(29)25(2,3)4/h12,18,20-24,27-28H,6,9,13-17H2,1-5H3;11,13-14,17,19-22,26H,5-10,12,15-16H2,1-4H3,(H,27,28);11,13-14,17,19-22,26H,5-10,12,15-16H2,1-4H3,(H,27,28)/b19-12+;2*14-13+,18-11-/t18-,20-,21+,22-,23+,24+;2*17-,19+,20+,21+,22-/m000/s1. The summed E-state index contributed by atoms with van der Waals surface area (Å²) >= 11 is 0. The lowest BCUT2D eigenvalue weighted by molar-refractivity contribution is -0.160. The van der Waals surface area contributed by atoms with E-state index in [4.69, 9.17) is 43.4 Å². The first kappa shape index (κ1) is 80.8. The molecule has 2 saturated heterocycles. The third-order valence-electron chi connectivity index (χ3n) is 17.8. The molecule has 0 unspecified atom stereocenters. The Hall–Kier alpha value is -5.63. The van der Waals surface area contributed by atoms with Crippen molar-refractivity contribution in [1.82, 2.24) is 0 Å². The van der Waals surface area contributed by atoms with E-state index in [0.717, 1.165) is 88.6 Å². The van der Waals surface area contributed by atoms with Crippen LogP contribution < -0.4 is 0 Å². The lowest BCUT2D eigenvalue weighted by atomic mass is 9.90. The molecule has 0 radical (unpaired) electrons. The van der Waals surface area contributed by atoms with Crippen molar-refractivity contribution in [3.63, 3.8) is 0 Å². The predicted molar refractivity (Wildman–Crippen MR) is 361 cm³/mol. The summed E-state index contributed by atoms with van der Waals surface area (Å²) in [6.45, 7) is 25.0. The summed E-state index contributed by atoms with van der Waals surface area (Å²) in [5.41, 5.74) is -0.412. The number of carbonyl (C=O) groups excluding carboxylic acids is 3. The van der Waals surface area contributed by atoms with Crippen LogP contribution in [-0.2, 0) is 52.3 Å². The first-order chi connectivity index (χ1) is 44.3. The van der Waals surface area contributed by atoms with Gasteiger partial charge in [-0.1, -0.05) is 114 Å². The Morgan fingerprint density at radius 3 is 1.64 bits per heavy atom. The van der Waals surface area contributed by atoms with Crippen molar-refractivity contribution in [2.45, 2.75) is 298 Å². The van der Waals surface area contributed by atoms with E-state index >= 15 is 0 Å². The van der Waals surface area contributed by atoms with Gasteiger partial charge in [-0.2, -0.15) is 0 Å². The number of hydrogen-bond donors (Lipinski definition) is 6. The summed E-state index contributed by atoms with van der Waals surface area (Å²) in [5.74, 6) is 12.7. The molecule has 530 valence electrons. The number of carboxylic acid groups (broad SMARTS) is 2. The number of esters is 2. The van der Waals surface area contributed by atoms with E-state index in [2.05, 4.69) is 37.5 Å². The van der Waals surface area contributed by atoms with Crippen LogP contribution in [0.25, 0.3) is 0 Å². The van der Waals surface area contributed by atoms with Gasteiger partial charge in [-0.15, -0.1) is 11.8 Å². The van der Waals surface area contributed by atoms with E-state index in [1.807, 2.05) is 97.9 Å². The molecule has 0 amide bonds. The van der Waals surface area contributed by atoms with Crippen molar-refractivity contribution in [3.05, 3.63) is 59.6 Å². The highest BCUT2D eigenvalue weighted by molar-refractivity contribution is 5.75. The van der Waals surface area contributed by atoms with Crippen LogP contribution in [0.2, 0.25) is 0 Å². The zero-order valence-electron chi connectivity index (χ0n) is 59.0. The third-order valence-corrected chi connectivity index (χ3v) is 17.8. The predicted octanol–water partition coefficient (Wildman–Crippen LogP) is 13.9. The second kappa shape index (κ2) is 40.2. The van der Waals surface area contributed by atoms with E-state index in [1.165, 1.54) is 5.57 Å². The van der Waals surface area contributed by atoms with Crippen LogP contribution in [0.15, 0.2) is 59.6 Å². The monoisotopic (exact) mass is 1320 g/mol.